The fraction of sp³-hybridized carbons (Fsp3) is 0. The Bertz CT molecular complexity index is 3120. The van der Waals surface area contributed by atoms with Gasteiger partial charge in [0.1, 0.15) is 0 Å². The fourth-order valence-electron chi connectivity index (χ4n) is 8.19. The second-order valence-electron chi connectivity index (χ2n) is 13.3. The van der Waals surface area contributed by atoms with Crippen molar-refractivity contribution in [2.24, 2.45) is 0 Å². The molecule has 4 heteroatoms. The Balaban J connectivity index is 1.37. The molecule has 0 spiro atoms. The monoisotopic (exact) mass is 679 g/mol. The van der Waals surface area contributed by atoms with Gasteiger partial charge >= 0.3 is 0 Å². The first-order valence-corrected chi connectivity index (χ1v) is 18.4. The van der Waals surface area contributed by atoms with E-state index in [4.69, 9.17) is 9.97 Å². The van der Waals surface area contributed by atoms with Crippen LogP contribution in [0.1, 0.15) is 0 Å². The molecule has 0 radical (unpaired) electrons. The number of benzene rings is 8. The van der Waals surface area contributed by atoms with Gasteiger partial charge in [-0.25, -0.2) is 9.97 Å². The molecule has 3 nitrogen and oxygen atoms in total. The predicted molar refractivity (Wildman–Crippen MR) is 221 cm³/mol. The van der Waals surface area contributed by atoms with Gasteiger partial charge in [-0.05, 0) is 39.9 Å². The molecule has 242 valence electrons. The lowest BCUT2D eigenvalue weighted by atomic mass is 9.95. The standard InChI is InChI=1S/C48H29N3S/c1-3-15-30(16-4-1)40-29-41(31-17-5-2-6-18-31)50-48(49-40)51-46-37(35-24-14-28-43-44(35)38-23-11-12-27-42(38)52-43)25-13-26-39(46)45-34-21-9-7-19-32(34)33-20-8-10-22-36(33)47(45)51/h1-29H. The van der Waals surface area contributed by atoms with Gasteiger partial charge in [-0.15, -0.1) is 11.3 Å². The van der Waals surface area contributed by atoms with Crippen LogP contribution in [0.15, 0.2) is 176 Å². The molecule has 3 heterocycles. The summed E-state index contributed by atoms with van der Waals surface area (Å²) in [4.78, 5) is 10.9. The summed E-state index contributed by atoms with van der Waals surface area (Å²) in [6.07, 6.45) is 0. The first kappa shape index (κ1) is 29.1. The van der Waals surface area contributed by atoms with Crippen LogP contribution in [0, 0.1) is 0 Å². The number of thiophene rings is 1. The van der Waals surface area contributed by atoms with E-state index in [9.17, 15) is 0 Å². The van der Waals surface area contributed by atoms with Crippen molar-refractivity contribution in [1.82, 2.24) is 14.5 Å². The highest BCUT2D eigenvalue weighted by Crippen LogP contribution is 2.47. The average molecular weight is 680 g/mol. The maximum atomic E-state index is 5.45. The molecular formula is C48H29N3S. The van der Waals surface area contributed by atoms with Gasteiger partial charge in [-0.3, -0.25) is 4.57 Å². The summed E-state index contributed by atoms with van der Waals surface area (Å²) in [5.74, 6) is 0.649. The molecule has 0 saturated carbocycles. The van der Waals surface area contributed by atoms with Crippen molar-refractivity contribution in [3.63, 3.8) is 0 Å². The zero-order valence-electron chi connectivity index (χ0n) is 28.0. The molecular weight excluding hydrogens is 651 g/mol. The lowest BCUT2D eigenvalue weighted by molar-refractivity contribution is 0.999. The molecule has 11 aromatic rings. The molecule has 3 aromatic heterocycles. The third kappa shape index (κ3) is 4.31. The van der Waals surface area contributed by atoms with Crippen LogP contribution in [0.2, 0.25) is 0 Å². The Morgan fingerprint density at radius 2 is 0.885 bits per heavy atom. The van der Waals surface area contributed by atoms with Crippen LogP contribution >= 0.6 is 11.3 Å². The minimum Gasteiger partial charge on any atom is -0.277 e. The van der Waals surface area contributed by atoms with E-state index < -0.39 is 0 Å². The lowest BCUT2D eigenvalue weighted by Gasteiger charge is -2.15. The molecule has 0 aliphatic rings. The second-order valence-corrected chi connectivity index (χ2v) is 14.4. The number of aromatic nitrogens is 3. The van der Waals surface area contributed by atoms with Crippen molar-refractivity contribution in [3.05, 3.63) is 176 Å². The first-order valence-electron chi connectivity index (χ1n) is 17.6. The Kier molecular flexibility index (Phi) is 6.42. The molecule has 52 heavy (non-hydrogen) atoms. The highest BCUT2D eigenvalue weighted by Gasteiger charge is 2.24. The summed E-state index contributed by atoms with van der Waals surface area (Å²) in [6, 6.07) is 62.9. The van der Waals surface area contributed by atoms with Gasteiger partial charge in [0.05, 0.1) is 22.4 Å². The number of nitrogens with zero attached hydrogens (tertiary/aromatic N) is 3. The summed E-state index contributed by atoms with van der Waals surface area (Å²) in [7, 11) is 0. The van der Waals surface area contributed by atoms with Crippen molar-refractivity contribution in [1.29, 1.82) is 0 Å². The maximum Gasteiger partial charge on any atom is 0.235 e. The minimum absolute atomic E-state index is 0.649. The van der Waals surface area contributed by atoms with E-state index >= 15 is 0 Å². The number of hydrogen-bond acceptors (Lipinski definition) is 3. The van der Waals surface area contributed by atoms with Crippen molar-refractivity contribution >= 4 is 74.9 Å². The van der Waals surface area contributed by atoms with Crippen LogP contribution in [0.3, 0.4) is 0 Å². The van der Waals surface area contributed by atoms with Gasteiger partial charge < -0.3 is 0 Å². The van der Waals surface area contributed by atoms with Gasteiger partial charge in [0.2, 0.25) is 5.95 Å². The summed E-state index contributed by atoms with van der Waals surface area (Å²) >= 11 is 1.85. The molecule has 11 rings (SSSR count). The number of para-hydroxylation sites is 1. The van der Waals surface area contributed by atoms with Gasteiger partial charge in [0.25, 0.3) is 0 Å². The van der Waals surface area contributed by atoms with Crippen molar-refractivity contribution in [2.45, 2.75) is 0 Å². The van der Waals surface area contributed by atoms with Crippen LogP contribution < -0.4 is 0 Å². The van der Waals surface area contributed by atoms with Gasteiger partial charge in [-0.1, -0.05) is 158 Å². The molecule has 0 bridgehead atoms. The van der Waals surface area contributed by atoms with Gasteiger partial charge in [-0.2, -0.15) is 0 Å². The van der Waals surface area contributed by atoms with Crippen LogP contribution in [-0.2, 0) is 0 Å². The predicted octanol–water partition coefficient (Wildman–Crippen LogP) is 13.2. The van der Waals surface area contributed by atoms with E-state index in [0.29, 0.717) is 5.95 Å². The topological polar surface area (TPSA) is 30.7 Å². The van der Waals surface area contributed by atoms with Crippen LogP contribution in [-0.4, -0.2) is 14.5 Å². The molecule has 0 fully saturated rings. The number of rotatable bonds is 4. The molecule has 0 amide bonds. The smallest absolute Gasteiger partial charge is 0.235 e. The largest absolute Gasteiger partial charge is 0.277 e. The van der Waals surface area contributed by atoms with Crippen molar-refractivity contribution < 1.29 is 0 Å². The van der Waals surface area contributed by atoms with E-state index in [1.165, 1.54) is 58.1 Å². The summed E-state index contributed by atoms with van der Waals surface area (Å²) < 4.78 is 4.94. The second kappa shape index (κ2) is 11.5. The summed E-state index contributed by atoms with van der Waals surface area (Å²) in [5, 5.41) is 9.80. The van der Waals surface area contributed by atoms with Gasteiger partial charge in [0, 0.05) is 53.0 Å². The van der Waals surface area contributed by atoms with Crippen molar-refractivity contribution in [2.75, 3.05) is 0 Å². The molecule has 0 aliphatic carbocycles. The molecule has 0 saturated heterocycles. The molecule has 8 aromatic carbocycles. The Morgan fingerprint density at radius 1 is 0.365 bits per heavy atom. The highest BCUT2D eigenvalue weighted by molar-refractivity contribution is 7.25. The summed E-state index contributed by atoms with van der Waals surface area (Å²) in [5.41, 5.74) is 8.45. The van der Waals surface area contributed by atoms with E-state index in [-0.39, 0.29) is 0 Å². The number of fused-ring (bicyclic) bond motifs is 11. The van der Waals surface area contributed by atoms with Crippen LogP contribution in [0.5, 0.6) is 0 Å². The van der Waals surface area contributed by atoms with E-state index in [1.807, 2.05) is 11.3 Å². The van der Waals surface area contributed by atoms with Crippen LogP contribution in [0.4, 0.5) is 0 Å². The Labute approximate surface area is 303 Å². The third-order valence-corrected chi connectivity index (χ3v) is 11.5. The zero-order chi connectivity index (χ0) is 34.2. The van der Waals surface area contributed by atoms with Gasteiger partial charge in [0.15, 0.2) is 0 Å². The van der Waals surface area contributed by atoms with Crippen LogP contribution in [0.25, 0.3) is 103 Å². The minimum atomic E-state index is 0.649. The molecule has 0 aliphatic heterocycles. The van der Waals surface area contributed by atoms with Crippen molar-refractivity contribution in [3.8, 4) is 39.6 Å². The molecule has 0 unspecified atom stereocenters. The quantitative estimate of drug-likeness (QED) is 0.173. The Hall–Kier alpha value is -6.62. The highest BCUT2D eigenvalue weighted by atomic mass is 32.1. The first-order chi connectivity index (χ1) is 25.8. The lowest BCUT2D eigenvalue weighted by Crippen LogP contribution is -2.05. The third-order valence-electron chi connectivity index (χ3n) is 10.4. The number of hydrogen-bond donors (Lipinski definition) is 0. The van der Waals surface area contributed by atoms with E-state index in [2.05, 4.69) is 180 Å². The van der Waals surface area contributed by atoms with E-state index in [0.717, 1.165) is 39.1 Å². The van der Waals surface area contributed by atoms with E-state index in [1.54, 1.807) is 0 Å². The molecule has 0 N–H and O–H groups in total. The fourth-order valence-corrected chi connectivity index (χ4v) is 9.32. The SMILES string of the molecule is c1ccc(-c2cc(-c3ccccc3)nc(-n3c4c(-c5cccc6sc7ccccc7c56)cccc4c4c5ccccc5c5ccccc5c43)n2)cc1. The molecule has 0 atom stereocenters. The summed E-state index contributed by atoms with van der Waals surface area (Å²) in [6.45, 7) is 0. The Morgan fingerprint density at radius 3 is 1.60 bits per heavy atom. The zero-order valence-corrected chi connectivity index (χ0v) is 28.8. The average Bonchev–Trinajstić information content (AvgIpc) is 3.78. The maximum absolute atomic E-state index is 5.45. The normalized spacial score (nSPS) is 11.8.